The number of H-pyrrole nitrogens is 1. The molecule has 3 heterocycles. The third-order valence-electron chi connectivity index (χ3n) is 4.67. The number of aromatic nitrogens is 3. The summed E-state index contributed by atoms with van der Waals surface area (Å²) in [6.45, 7) is 6.21. The largest absolute Gasteiger partial charge is 0.350 e. The van der Waals surface area contributed by atoms with Gasteiger partial charge in [0.05, 0.1) is 23.9 Å². The molecule has 1 fully saturated rings. The van der Waals surface area contributed by atoms with Gasteiger partial charge in [0, 0.05) is 37.3 Å². The molecule has 1 aliphatic rings. The summed E-state index contributed by atoms with van der Waals surface area (Å²) < 4.78 is 0. The first kappa shape index (κ1) is 16.6. The van der Waals surface area contributed by atoms with E-state index in [9.17, 15) is 4.79 Å². The zero-order valence-corrected chi connectivity index (χ0v) is 14.5. The summed E-state index contributed by atoms with van der Waals surface area (Å²) in [7, 11) is 2.06. The Labute approximate surface area is 142 Å². The van der Waals surface area contributed by atoms with E-state index in [1.54, 1.807) is 6.20 Å². The Morgan fingerprint density at radius 3 is 2.92 bits per heavy atom. The van der Waals surface area contributed by atoms with E-state index in [0.717, 1.165) is 42.4 Å². The molecule has 2 aromatic heterocycles. The Morgan fingerprint density at radius 2 is 2.25 bits per heavy atom. The molecule has 3 rings (SSSR count). The first-order valence-corrected chi connectivity index (χ1v) is 8.50. The standard InChI is InChI=1S/C18H25N5O/c1-4-16-21-12(2)17(22-16)14-10-23(3)11-15(14)18(24)20-9-13-7-5-6-8-19-13/h5-8,14-15H,4,9-11H2,1-3H3,(H,20,24)(H,21,22)/t14-,15-/m0/s1. The fourth-order valence-corrected chi connectivity index (χ4v) is 3.42. The van der Waals surface area contributed by atoms with E-state index < -0.39 is 0 Å². The van der Waals surface area contributed by atoms with Gasteiger partial charge >= 0.3 is 0 Å². The SMILES string of the molecule is CCc1nc([C@H]2CN(C)C[C@@H]2C(=O)NCc2ccccn2)c(C)[nH]1. The predicted octanol–water partition coefficient (Wildman–Crippen LogP) is 1.64. The van der Waals surface area contributed by atoms with Gasteiger partial charge < -0.3 is 15.2 Å². The molecule has 0 radical (unpaired) electrons. The third-order valence-corrected chi connectivity index (χ3v) is 4.67. The van der Waals surface area contributed by atoms with Crippen molar-refractivity contribution >= 4 is 5.91 Å². The molecule has 1 saturated heterocycles. The fraction of sp³-hybridized carbons (Fsp3) is 0.500. The predicted molar refractivity (Wildman–Crippen MR) is 92.5 cm³/mol. The Hall–Kier alpha value is -2.21. The molecular formula is C18H25N5O. The van der Waals surface area contributed by atoms with Crippen LogP contribution >= 0.6 is 0 Å². The van der Waals surface area contributed by atoms with Crippen molar-refractivity contribution in [2.75, 3.05) is 20.1 Å². The minimum absolute atomic E-state index is 0.0783. The topological polar surface area (TPSA) is 73.9 Å². The molecule has 6 heteroatoms. The van der Waals surface area contributed by atoms with Crippen molar-refractivity contribution in [1.82, 2.24) is 25.2 Å². The highest BCUT2D eigenvalue weighted by Crippen LogP contribution is 2.33. The van der Waals surface area contributed by atoms with Crippen LogP contribution in [0.5, 0.6) is 0 Å². The number of carbonyl (C=O) groups is 1. The van der Waals surface area contributed by atoms with Gasteiger partial charge in [-0.2, -0.15) is 0 Å². The van der Waals surface area contributed by atoms with Gasteiger partial charge in [-0.25, -0.2) is 4.98 Å². The molecule has 2 N–H and O–H groups in total. The van der Waals surface area contributed by atoms with Crippen molar-refractivity contribution < 1.29 is 4.79 Å². The lowest BCUT2D eigenvalue weighted by Crippen LogP contribution is -2.34. The average Bonchev–Trinajstić information content (AvgIpc) is 3.16. The Balaban J connectivity index is 1.72. The molecule has 0 spiro atoms. The lowest BCUT2D eigenvalue weighted by atomic mass is 9.91. The molecule has 0 bridgehead atoms. The number of rotatable bonds is 5. The van der Waals surface area contributed by atoms with E-state index in [0.29, 0.717) is 6.54 Å². The Morgan fingerprint density at radius 1 is 1.42 bits per heavy atom. The molecule has 1 amide bonds. The van der Waals surface area contributed by atoms with Gasteiger partial charge in [-0.15, -0.1) is 0 Å². The van der Waals surface area contributed by atoms with Gasteiger partial charge in [0.25, 0.3) is 0 Å². The van der Waals surface area contributed by atoms with Crippen molar-refractivity contribution in [1.29, 1.82) is 0 Å². The van der Waals surface area contributed by atoms with Crippen molar-refractivity contribution in [3.8, 4) is 0 Å². The van der Waals surface area contributed by atoms with Gasteiger partial charge in [0.15, 0.2) is 0 Å². The van der Waals surface area contributed by atoms with E-state index in [4.69, 9.17) is 4.98 Å². The molecule has 128 valence electrons. The zero-order valence-electron chi connectivity index (χ0n) is 14.5. The Bertz CT molecular complexity index is 697. The molecule has 0 unspecified atom stereocenters. The van der Waals surface area contributed by atoms with Gasteiger partial charge in [0.1, 0.15) is 5.82 Å². The number of nitrogens with one attached hydrogen (secondary N) is 2. The van der Waals surface area contributed by atoms with Crippen LogP contribution in [0.2, 0.25) is 0 Å². The second-order valence-electron chi connectivity index (χ2n) is 6.52. The molecule has 0 aliphatic carbocycles. The number of amides is 1. The minimum Gasteiger partial charge on any atom is -0.350 e. The number of aryl methyl sites for hydroxylation is 2. The number of pyridine rings is 1. The Kier molecular flexibility index (Phi) is 4.94. The van der Waals surface area contributed by atoms with Gasteiger partial charge in [-0.3, -0.25) is 9.78 Å². The maximum absolute atomic E-state index is 12.7. The maximum atomic E-state index is 12.7. The lowest BCUT2D eigenvalue weighted by molar-refractivity contribution is -0.125. The molecule has 0 saturated carbocycles. The van der Waals surface area contributed by atoms with Crippen LogP contribution in [0.1, 0.15) is 35.7 Å². The number of carbonyl (C=O) groups excluding carboxylic acids is 1. The number of likely N-dealkylation sites (N-methyl/N-ethyl adjacent to an activating group) is 1. The number of likely N-dealkylation sites (tertiary alicyclic amines) is 1. The van der Waals surface area contributed by atoms with E-state index in [-0.39, 0.29) is 17.7 Å². The minimum atomic E-state index is -0.0783. The van der Waals surface area contributed by atoms with E-state index in [2.05, 4.69) is 34.2 Å². The van der Waals surface area contributed by atoms with Crippen LogP contribution in [0.3, 0.4) is 0 Å². The first-order valence-electron chi connectivity index (χ1n) is 8.50. The smallest absolute Gasteiger partial charge is 0.225 e. The summed E-state index contributed by atoms with van der Waals surface area (Å²) in [5, 5.41) is 3.04. The van der Waals surface area contributed by atoms with Crippen molar-refractivity contribution in [3.05, 3.63) is 47.3 Å². The van der Waals surface area contributed by atoms with Gasteiger partial charge in [0.2, 0.25) is 5.91 Å². The number of nitrogens with zero attached hydrogens (tertiary/aromatic N) is 3. The van der Waals surface area contributed by atoms with Crippen LogP contribution in [0.25, 0.3) is 0 Å². The van der Waals surface area contributed by atoms with Crippen LogP contribution in [-0.2, 0) is 17.8 Å². The quantitative estimate of drug-likeness (QED) is 0.875. The van der Waals surface area contributed by atoms with Crippen LogP contribution in [0.15, 0.2) is 24.4 Å². The van der Waals surface area contributed by atoms with Gasteiger partial charge in [-0.1, -0.05) is 13.0 Å². The molecule has 2 atom stereocenters. The lowest BCUT2D eigenvalue weighted by Gasteiger charge is -2.17. The van der Waals surface area contributed by atoms with E-state index >= 15 is 0 Å². The maximum Gasteiger partial charge on any atom is 0.225 e. The molecule has 6 nitrogen and oxygen atoms in total. The average molecular weight is 327 g/mol. The number of aromatic amines is 1. The molecule has 1 aliphatic heterocycles. The highest BCUT2D eigenvalue weighted by molar-refractivity contribution is 5.80. The monoisotopic (exact) mass is 327 g/mol. The second-order valence-corrected chi connectivity index (χ2v) is 6.52. The van der Waals surface area contributed by atoms with Crippen LogP contribution < -0.4 is 5.32 Å². The number of imidazole rings is 1. The van der Waals surface area contributed by atoms with Crippen LogP contribution in [0, 0.1) is 12.8 Å². The van der Waals surface area contributed by atoms with E-state index in [1.807, 2.05) is 25.1 Å². The summed E-state index contributed by atoms with van der Waals surface area (Å²) in [6, 6.07) is 5.73. The first-order chi connectivity index (χ1) is 11.6. The number of hydrogen-bond donors (Lipinski definition) is 2. The van der Waals surface area contributed by atoms with Gasteiger partial charge in [-0.05, 0) is 26.1 Å². The van der Waals surface area contributed by atoms with Crippen LogP contribution in [0.4, 0.5) is 0 Å². The van der Waals surface area contributed by atoms with Crippen molar-refractivity contribution in [3.63, 3.8) is 0 Å². The summed E-state index contributed by atoms with van der Waals surface area (Å²) in [6.07, 6.45) is 2.62. The molecular weight excluding hydrogens is 302 g/mol. The normalized spacial score (nSPS) is 21.1. The molecule has 0 aromatic carbocycles. The summed E-state index contributed by atoms with van der Waals surface area (Å²) in [5.41, 5.74) is 2.99. The highest BCUT2D eigenvalue weighted by Gasteiger charge is 2.39. The third kappa shape index (κ3) is 3.48. The van der Waals surface area contributed by atoms with Crippen molar-refractivity contribution in [2.45, 2.75) is 32.7 Å². The molecule has 2 aromatic rings. The number of hydrogen-bond acceptors (Lipinski definition) is 4. The highest BCUT2D eigenvalue weighted by atomic mass is 16.1. The second kappa shape index (κ2) is 7.13. The zero-order chi connectivity index (χ0) is 17.1. The van der Waals surface area contributed by atoms with Crippen LogP contribution in [-0.4, -0.2) is 45.9 Å². The molecule has 24 heavy (non-hydrogen) atoms. The van der Waals surface area contributed by atoms with E-state index in [1.165, 1.54) is 0 Å². The summed E-state index contributed by atoms with van der Waals surface area (Å²) in [5.74, 6) is 1.13. The summed E-state index contributed by atoms with van der Waals surface area (Å²) >= 11 is 0. The van der Waals surface area contributed by atoms with Crippen molar-refractivity contribution in [2.24, 2.45) is 5.92 Å². The summed E-state index contributed by atoms with van der Waals surface area (Å²) in [4.78, 5) is 27.2. The fourth-order valence-electron chi connectivity index (χ4n) is 3.42.